The molecule has 0 aliphatic rings. The summed E-state index contributed by atoms with van der Waals surface area (Å²) in [5, 5.41) is 15.0. The number of nitriles is 1. The van der Waals surface area contributed by atoms with E-state index in [0.29, 0.717) is 10.0 Å². The maximum absolute atomic E-state index is 8.76. The first-order valence-corrected chi connectivity index (χ1v) is 6.64. The van der Waals surface area contributed by atoms with Crippen molar-refractivity contribution in [3.05, 3.63) is 32.4 Å². The van der Waals surface area contributed by atoms with Gasteiger partial charge < -0.3 is 5.32 Å². The third-order valence-corrected chi connectivity index (χ3v) is 4.33. The molecule has 0 saturated heterocycles. The van der Waals surface area contributed by atoms with Gasteiger partial charge in [-0.2, -0.15) is 5.26 Å². The number of aromatic nitrogens is 1. The van der Waals surface area contributed by atoms with Crippen LogP contribution in [-0.2, 0) is 0 Å². The smallest absolute Gasteiger partial charge is 0.185 e. The predicted molar refractivity (Wildman–Crippen MR) is 68.2 cm³/mol. The van der Waals surface area contributed by atoms with Crippen molar-refractivity contribution < 1.29 is 0 Å². The second-order valence-electron chi connectivity index (χ2n) is 3.13. The first kappa shape index (κ1) is 11.4. The lowest BCUT2D eigenvalue weighted by Gasteiger charge is -2.09. The van der Waals surface area contributed by atoms with E-state index in [0.717, 1.165) is 0 Å². The van der Waals surface area contributed by atoms with Gasteiger partial charge in [0, 0.05) is 4.88 Å². The highest BCUT2D eigenvalue weighted by Gasteiger charge is 2.12. The second-order valence-corrected chi connectivity index (χ2v) is 5.47. The Morgan fingerprint density at radius 3 is 3.00 bits per heavy atom. The van der Waals surface area contributed by atoms with Gasteiger partial charge in [0.1, 0.15) is 10.9 Å². The van der Waals surface area contributed by atoms with Crippen LogP contribution in [0.2, 0.25) is 5.15 Å². The minimum Gasteiger partial charge on any atom is -0.354 e. The molecule has 0 bridgehead atoms. The van der Waals surface area contributed by atoms with Crippen molar-refractivity contribution in [2.75, 3.05) is 5.32 Å². The highest BCUT2D eigenvalue weighted by Crippen LogP contribution is 2.29. The third kappa shape index (κ3) is 2.35. The number of rotatable bonds is 3. The van der Waals surface area contributed by atoms with Crippen LogP contribution in [0.5, 0.6) is 0 Å². The average Bonchev–Trinajstić information content (AvgIpc) is 2.87. The summed E-state index contributed by atoms with van der Waals surface area (Å²) in [5.41, 5.74) is 0. The number of hydrogen-bond donors (Lipinski definition) is 1. The lowest BCUT2D eigenvalue weighted by Crippen LogP contribution is -2.03. The van der Waals surface area contributed by atoms with E-state index in [2.05, 4.69) is 16.4 Å². The molecule has 0 amide bonds. The number of nitrogens with zero attached hydrogens (tertiary/aromatic N) is 2. The first-order valence-electron chi connectivity index (χ1n) is 4.57. The van der Waals surface area contributed by atoms with Crippen LogP contribution in [0.4, 0.5) is 5.13 Å². The summed E-state index contributed by atoms with van der Waals surface area (Å²) < 4.78 is 0. The van der Waals surface area contributed by atoms with Gasteiger partial charge in [-0.15, -0.1) is 11.3 Å². The molecule has 2 aromatic rings. The third-order valence-electron chi connectivity index (χ3n) is 2.00. The Morgan fingerprint density at radius 1 is 1.62 bits per heavy atom. The van der Waals surface area contributed by atoms with E-state index >= 15 is 0 Å². The number of halogens is 1. The monoisotopic (exact) mass is 269 g/mol. The van der Waals surface area contributed by atoms with Gasteiger partial charge in [0.2, 0.25) is 0 Å². The van der Waals surface area contributed by atoms with Gasteiger partial charge in [-0.1, -0.05) is 29.0 Å². The molecule has 0 radical (unpaired) electrons. The molecular weight excluding hydrogens is 262 g/mol. The molecule has 0 fully saturated rings. The molecule has 0 saturated carbocycles. The SMILES string of the molecule is CC(Nc1nc(Cl)c(C#N)s1)c1cccs1. The van der Waals surface area contributed by atoms with Crippen LogP contribution in [-0.4, -0.2) is 4.98 Å². The van der Waals surface area contributed by atoms with Crippen molar-refractivity contribution in [2.45, 2.75) is 13.0 Å². The average molecular weight is 270 g/mol. The molecule has 2 heterocycles. The summed E-state index contributed by atoms with van der Waals surface area (Å²) in [4.78, 5) is 5.76. The van der Waals surface area contributed by atoms with Crippen molar-refractivity contribution in [2.24, 2.45) is 0 Å². The molecule has 1 N–H and O–H groups in total. The van der Waals surface area contributed by atoms with Crippen LogP contribution < -0.4 is 5.32 Å². The molecule has 0 spiro atoms. The molecule has 0 aliphatic carbocycles. The summed E-state index contributed by atoms with van der Waals surface area (Å²) >= 11 is 8.75. The molecule has 3 nitrogen and oxygen atoms in total. The van der Waals surface area contributed by atoms with Gasteiger partial charge in [-0.25, -0.2) is 4.98 Å². The Hall–Kier alpha value is -1.09. The molecule has 6 heteroatoms. The molecule has 0 aromatic carbocycles. The van der Waals surface area contributed by atoms with Gasteiger partial charge >= 0.3 is 0 Å². The molecule has 2 rings (SSSR count). The molecule has 1 unspecified atom stereocenters. The van der Waals surface area contributed by atoms with Gasteiger partial charge in [0.15, 0.2) is 10.3 Å². The highest BCUT2D eigenvalue weighted by molar-refractivity contribution is 7.16. The van der Waals surface area contributed by atoms with Crippen LogP contribution in [0.3, 0.4) is 0 Å². The maximum atomic E-state index is 8.76. The number of nitrogens with one attached hydrogen (secondary N) is 1. The van der Waals surface area contributed by atoms with E-state index in [1.54, 1.807) is 11.3 Å². The van der Waals surface area contributed by atoms with Crippen molar-refractivity contribution in [1.82, 2.24) is 4.98 Å². The quantitative estimate of drug-likeness (QED) is 0.919. The van der Waals surface area contributed by atoms with Crippen molar-refractivity contribution in [1.29, 1.82) is 5.26 Å². The van der Waals surface area contributed by atoms with Crippen LogP contribution in [0.15, 0.2) is 17.5 Å². The summed E-state index contributed by atoms with van der Waals surface area (Å²) in [5.74, 6) is 0. The first-order chi connectivity index (χ1) is 7.70. The van der Waals surface area contributed by atoms with Crippen LogP contribution in [0.1, 0.15) is 22.7 Å². The van der Waals surface area contributed by atoms with E-state index in [9.17, 15) is 0 Å². The molecule has 2 aromatic heterocycles. The van der Waals surface area contributed by atoms with E-state index in [1.165, 1.54) is 16.2 Å². The fourth-order valence-corrected chi connectivity index (χ4v) is 2.99. The molecule has 82 valence electrons. The summed E-state index contributed by atoms with van der Waals surface area (Å²) in [6.07, 6.45) is 0. The van der Waals surface area contributed by atoms with Crippen molar-refractivity contribution in [3.63, 3.8) is 0 Å². The van der Waals surface area contributed by atoms with E-state index in [1.807, 2.05) is 24.4 Å². The Kier molecular flexibility index (Phi) is 3.44. The fraction of sp³-hybridized carbons (Fsp3) is 0.200. The summed E-state index contributed by atoms with van der Waals surface area (Å²) in [6, 6.07) is 6.25. The largest absolute Gasteiger partial charge is 0.354 e. The Morgan fingerprint density at radius 2 is 2.44 bits per heavy atom. The molecule has 1 atom stereocenters. The van der Waals surface area contributed by atoms with Crippen LogP contribution in [0.25, 0.3) is 0 Å². The van der Waals surface area contributed by atoms with Crippen molar-refractivity contribution >= 4 is 39.4 Å². The second kappa shape index (κ2) is 4.83. The maximum Gasteiger partial charge on any atom is 0.185 e. The molecular formula is C10H8ClN3S2. The Labute approximate surface area is 106 Å². The Bertz CT molecular complexity index is 513. The van der Waals surface area contributed by atoms with Gasteiger partial charge in [-0.3, -0.25) is 0 Å². The van der Waals surface area contributed by atoms with Gasteiger partial charge in [-0.05, 0) is 18.4 Å². The standard InChI is InChI=1S/C10H8ClN3S2/c1-6(7-3-2-4-15-7)13-10-14-9(11)8(5-12)16-10/h2-4,6H,1H3,(H,13,14). The van der Waals surface area contributed by atoms with Gasteiger partial charge in [0.05, 0.1) is 6.04 Å². The van der Waals surface area contributed by atoms with E-state index in [-0.39, 0.29) is 11.2 Å². The topological polar surface area (TPSA) is 48.7 Å². The number of anilines is 1. The number of thiazole rings is 1. The van der Waals surface area contributed by atoms with Gasteiger partial charge in [0.25, 0.3) is 0 Å². The predicted octanol–water partition coefficient (Wildman–Crippen LogP) is 3.90. The minimum atomic E-state index is 0.175. The number of hydrogen-bond acceptors (Lipinski definition) is 5. The van der Waals surface area contributed by atoms with E-state index in [4.69, 9.17) is 16.9 Å². The zero-order valence-corrected chi connectivity index (χ0v) is 10.8. The normalized spacial score (nSPS) is 12.1. The molecule has 16 heavy (non-hydrogen) atoms. The zero-order valence-electron chi connectivity index (χ0n) is 8.40. The van der Waals surface area contributed by atoms with Crippen LogP contribution in [0, 0.1) is 11.3 Å². The summed E-state index contributed by atoms with van der Waals surface area (Å²) in [6.45, 7) is 2.05. The highest BCUT2D eigenvalue weighted by atomic mass is 35.5. The minimum absolute atomic E-state index is 0.175. The lowest BCUT2D eigenvalue weighted by molar-refractivity contribution is 0.904. The number of thiophene rings is 1. The van der Waals surface area contributed by atoms with Crippen LogP contribution >= 0.6 is 34.3 Å². The van der Waals surface area contributed by atoms with E-state index < -0.39 is 0 Å². The zero-order chi connectivity index (χ0) is 11.5. The van der Waals surface area contributed by atoms with Crippen molar-refractivity contribution in [3.8, 4) is 6.07 Å². The Balaban J connectivity index is 2.13. The lowest BCUT2D eigenvalue weighted by atomic mass is 10.3. The molecule has 0 aliphatic heterocycles. The fourth-order valence-electron chi connectivity index (χ4n) is 1.23. The summed E-state index contributed by atoms with van der Waals surface area (Å²) in [7, 11) is 0.